The summed E-state index contributed by atoms with van der Waals surface area (Å²) in [4.78, 5) is 16.6. The van der Waals surface area contributed by atoms with Crippen molar-refractivity contribution < 1.29 is 4.79 Å². The molecule has 0 N–H and O–H groups in total. The molecule has 3 rings (SSSR count). The third-order valence-corrected chi connectivity index (χ3v) is 3.67. The lowest BCUT2D eigenvalue weighted by Gasteiger charge is -2.04. The van der Waals surface area contributed by atoms with Crippen LogP contribution in [0.4, 0.5) is 0 Å². The third-order valence-electron chi connectivity index (χ3n) is 3.67. The second-order valence-electron chi connectivity index (χ2n) is 5.33. The number of fused-ring (bicyclic) bond motifs is 1. The number of benzene rings is 2. The fourth-order valence-corrected chi connectivity index (χ4v) is 2.38. The van der Waals surface area contributed by atoms with E-state index < -0.39 is 0 Å². The largest absolute Gasteiger partial charge is 0.294 e. The molecule has 104 valence electrons. The van der Waals surface area contributed by atoms with Crippen LogP contribution in [0.25, 0.3) is 10.9 Å². The van der Waals surface area contributed by atoms with E-state index in [-0.39, 0.29) is 5.78 Å². The van der Waals surface area contributed by atoms with Crippen LogP contribution in [0.5, 0.6) is 0 Å². The van der Waals surface area contributed by atoms with Crippen molar-refractivity contribution in [3.8, 4) is 0 Å². The van der Waals surface area contributed by atoms with E-state index in [1.165, 1.54) is 11.1 Å². The van der Waals surface area contributed by atoms with Crippen LogP contribution >= 0.6 is 0 Å². The van der Waals surface area contributed by atoms with Crippen molar-refractivity contribution in [3.63, 3.8) is 0 Å². The predicted molar refractivity (Wildman–Crippen MR) is 85.6 cm³/mol. The maximum atomic E-state index is 12.3. The van der Waals surface area contributed by atoms with Crippen LogP contribution in [-0.4, -0.2) is 10.8 Å². The smallest absolute Gasteiger partial charge is 0.164 e. The summed E-state index contributed by atoms with van der Waals surface area (Å²) in [6, 6.07) is 18.1. The molecule has 0 atom stereocenters. The first kappa shape index (κ1) is 13.5. The van der Waals surface area contributed by atoms with Gasteiger partial charge in [-0.1, -0.05) is 48.0 Å². The highest BCUT2D eigenvalue weighted by atomic mass is 16.1. The Balaban J connectivity index is 1.73. The van der Waals surface area contributed by atoms with Crippen LogP contribution in [-0.2, 0) is 6.42 Å². The monoisotopic (exact) mass is 275 g/mol. The number of nitrogens with zero attached hydrogens (tertiary/aromatic N) is 1. The molecule has 0 aliphatic rings. The van der Waals surface area contributed by atoms with Crippen molar-refractivity contribution in [1.29, 1.82) is 0 Å². The van der Waals surface area contributed by atoms with Gasteiger partial charge in [0.2, 0.25) is 0 Å². The number of carbonyl (C=O) groups excluding carboxylic acids is 1. The zero-order valence-electron chi connectivity index (χ0n) is 12.0. The zero-order chi connectivity index (χ0) is 14.7. The molecule has 0 radical (unpaired) electrons. The number of Topliss-reactive ketones (excluding diaryl/α,β-unsaturated/α-hetero) is 1. The van der Waals surface area contributed by atoms with Gasteiger partial charge in [0.15, 0.2) is 5.78 Å². The molecule has 2 nitrogen and oxygen atoms in total. The number of para-hydroxylation sites is 1. The Hall–Kier alpha value is -2.48. The van der Waals surface area contributed by atoms with Crippen molar-refractivity contribution in [2.45, 2.75) is 19.8 Å². The molecule has 3 aromatic rings. The molecule has 0 saturated heterocycles. The first-order chi connectivity index (χ1) is 10.2. The highest BCUT2D eigenvalue weighted by molar-refractivity contribution is 5.98. The van der Waals surface area contributed by atoms with E-state index in [1.54, 1.807) is 6.20 Å². The summed E-state index contributed by atoms with van der Waals surface area (Å²) in [5.41, 5.74) is 4.06. The number of ketones is 1. The van der Waals surface area contributed by atoms with Gasteiger partial charge in [0.1, 0.15) is 0 Å². The third kappa shape index (κ3) is 3.16. The highest BCUT2D eigenvalue weighted by Crippen LogP contribution is 2.15. The molecule has 1 heterocycles. The summed E-state index contributed by atoms with van der Waals surface area (Å²) in [7, 11) is 0. The fraction of sp³-hybridized carbons (Fsp3) is 0.158. The molecule has 0 spiro atoms. The highest BCUT2D eigenvalue weighted by Gasteiger charge is 2.07. The maximum absolute atomic E-state index is 12.3. The Labute approximate surface area is 124 Å². The van der Waals surface area contributed by atoms with Crippen molar-refractivity contribution in [1.82, 2.24) is 4.98 Å². The maximum Gasteiger partial charge on any atom is 0.164 e. The van der Waals surface area contributed by atoms with Gasteiger partial charge >= 0.3 is 0 Å². The van der Waals surface area contributed by atoms with Crippen molar-refractivity contribution >= 4 is 16.7 Å². The van der Waals surface area contributed by atoms with Gasteiger partial charge in [-0.15, -0.1) is 0 Å². The number of aryl methyl sites for hydroxylation is 2. The number of hydrogen-bond acceptors (Lipinski definition) is 2. The normalized spacial score (nSPS) is 10.7. The Bertz CT molecular complexity index is 775. The minimum atomic E-state index is 0.147. The summed E-state index contributed by atoms with van der Waals surface area (Å²) in [6.07, 6.45) is 2.97. The van der Waals surface area contributed by atoms with E-state index in [9.17, 15) is 4.79 Å². The Morgan fingerprint density at radius 2 is 1.81 bits per heavy atom. The molecule has 2 aromatic carbocycles. The quantitative estimate of drug-likeness (QED) is 0.662. The van der Waals surface area contributed by atoms with Crippen molar-refractivity contribution in [2.75, 3.05) is 0 Å². The average Bonchev–Trinajstić information content (AvgIpc) is 2.53. The van der Waals surface area contributed by atoms with Crippen LogP contribution in [0.1, 0.15) is 27.9 Å². The number of pyridine rings is 1. The fourth-order valence-electron chi connectivity index (χ4n) is 2.38. The average molecular weight is 275 g/mol. The minimum Gasteiger partial charge on any atom is -0.294 e. The van der Waals surface area contributed by atoms with Gasteiger partial charge in [-0.2, -0.15) is 0 Å². The summed E-state index contributed by atoms with van der Waals surface area (Å²) in [5, 5.41) is 1.01. The van der Waals surface area contributed by atoms with E-state index >= 15 is 0 Å². The van der Waals surface area contributed by atoms with Gasteiger partial charge in [0.05, 0.1) is 5.52 Å². The molecule has 0 aliphatic carbocycles. The number of carbonyl (C=O) groups is 1. The number of aromatic nitrogens is 1. The predicted octanol–water partition coefficient (Wildman–Crippen LogP) is 4.36. The lowest BCUT2D eigenvalue weighted by molar-refractivity contribution is 0.0982. The van der Waals surface area contributed by atoms with Crippen LogP contribution in [0.2, 0.25) is 0 Å². The van der Waals surface area contributed by atoms with Crippen LogP contribution < -0.4 is 0 Å². The summed E-state index contributed by atoms with van der Waals surface area (Å²) in [6.45, 7) is 2.07. The lowest BCUT2D eigenvalue weighted by atomic mass is 10.0. The molecule has 0 aliphatic heterocycles. The molecule has 0 saturated carbocycles. The summed E-state index contributed by atoms with van der Waals surface area (Å²) < 4.78 is 0. The molecular weight excluding hydrogens is 258 g/mol. The molecule has 0 unspecified atom stereocenters. The van der Waals surface area contributed by atoms with E-state index in [4.69, 9.17) is 0 Å². The SMILES string of the molecule is Cc1ccc(CCC(=O)c2cnc3ccccc3c2)cc1. The van der Waals surface area contributed by atoms with Crippen LogP contribution in [0.3, 0.4) is 0 Å². The molecule has 2 heteroatoms. The lowest BCUT2D eigenvalue weighted by Crippen LogP contribution is -2.02. The van der Waals surface area contributed by atoms with Gasteiger partial charge in [-0.3, -0.25) is 9.78 Å². The Morgan fingerprint density at radius 3 is 2.62 bits per heavy atom. The van der Waals surface area contributed by atoms with Gasteiger partial charge in [0.25, 0.3) is 0 Å². The number of rotatable bonds is 4. The van der Waals surface area contributed by atoms with E-state index in [1.807, 2.05) is 30.3 Å². The second-order valence-corrected chi connectivity index (χ2v) is 5.33. The van der Waals surface area contributed by atoms with Gasteiger partial charge in [-0.25, -0.2) is 0 Å². The van der Waals surface area contributed by atoms with Gasteiger partial charge in [-0.05, 0) is 31.0 Å². The van der Waals surface area contributed by atoms with E-state index in [0.29, 0.717) is 12.0 Å². The topological polar surface area (TPSA) is 30.0 Å². The van der Waals surface area contributed by atoms with Crippen molar-refractivity contribution in [3.05, 3.63) is 77.5 Å². The van der Waals surface area contributed by atoms with E-state index in [2.05, 4.69) is 36.2 Å². The standard InChI is InChI=1S/C19H17NO/c1-14-6-8-15(9-7-14)10-11-19(21)17-12-16-4-2-3-5-18(16)20-13-17/h2-9,12-13H,10-11H2,1H3. The summed E-state index contributed by atoms with van der Waals surface area (Å²) in [5.74, 6) is 0.147. The summed E-state index contributed by atoms with van der Waals surface area (Å²) >= 11 is 0. The molecule has 0 fully saturated rings. The number of hydrogen-bond donors (Lipinski definition) is 0. The first-order valence-corrected chi connectivity index (χ1v) is 7.16. The molecule has 21 heavy (non-hydrogen) atoms. The van der Waals surface area contributed by atoms with Crippen LogP contribution in [0, 0.1) is 6.92 Å². The Morgan fingerprint density at radius 1 is 1.05 bits per heavy atom. The molecule has 0 bridgehead atoms. The second kappa shape index (κ2) is 5.88. The molecule has 0 amide bonds. The van der Waals surface area contributed by atoms with E-state index in [0.717, 1.165) is 17.3 Å². The van der Waals surface area contributed by atoms with Crippen molar-refractivity contribution in [2.24, 2.45) is 0 Å². The first-order valence-electron chi connectivity index (χ1n) is 7.16. The minimum absolute atomic E-state index is 0.147. The van der Waals surface area contributed by atoms with Gasteiger partial charge < -0.3 is 0 Å². The van der Waals surface area contributed by atoms with Crippen LogP contribution in [0.15, 0.2) is 60.8 Å². The zero-order valence-corrected chi connectivity index (χ0v) is 12.0. The Kier molecular flexibility index (Phi) is 3.78. The van der Waals surface area contributed by atoms with Gasteiger partial charge in [0, 0.05) is 23.6 Å². The molecular formula is C19H17NO. The molecule has 1 aromatic heterocycles.